The standard InChI is InChI=1S/C25H27N7O2/c1-15-4-3-5-17-14-26-24(30-21(15)17)27-18-12-19-22(29-23(28-19)16-6-7-16)20(13-18)31(2)25(33)32-8-10-34-11-9-32/h3-5,12-14,16H,6-11H2,1-2H3,(H,28,29)(H,26,27,30). The highest BCUT2D eigenvalue weighted by molar-refractivity contribution is 6.02. The van der Waals surface area contributed by atoms with Gasteiger partial charge in [-0.25, -0.2) is 19.7 Å². The number of aromatic nitrogens is 4. The van der Waals surface area contributed by atoms with Crippen molar-refractivity contribution in [2.45, 2.75) is 25.7 Å². The van der Waals surface area contributed by atoms with E-state index in [-0.39, 0.29) is 6.03 Å². The number of morpholine rings is 1. The molecule has 1 aliphatic carbocycles. The van der Waals surface area contributed by atoms with Crippen molar-refractivity contribution in [3.05, 3.63) is 47.9 Å². The van der Waals surface area contributed by atoms with Crippen molar-refractivity contribution in [2.24, 2.45) is 0 Å². The zero-order chi connectivity index (χ0) is 23.2. The van der Waals surface area contributed by atoms with E-state index in [0.717, 1.165) is 57.5 Å². The number of aryl methyl sites for hydroxylation is 1. The summed E-state index contributed by atoms with van der Waals surface area (Å²) in [7, 11) is 1.80. The second-order valence-electron chi connectivity index (χ2n) is 9.06. The highest BCUT2D eigenvalue weighted by Crippen LogP contribution is 2.41. The number of ether oxygens (including phenoxy) is 1. The molecule has 1 saturated carbocycles. The molecule has 4 aromatic rings. The molecule has 9 nitrogen and oxygen atoms in total. The van der Waals surface area contributed by atoms with Crippen molar-refractivity contribution in [3.63, 3.8) is 0 Å². The molecule has 1 saturated heterocycles. The fourth-order valence-corrected chi connectivity index (χ4v) is 4.46. The van der Waals surface area contributed by atoms with Crippen LogP contribution in [0.5, 0.6) is 0 Å². The molecule has 9 heteroatoms. The summed E-state index contributed by atoms with van der Waals surface area (Å²) in [5.74, 6) is 1.97. The van der Waals surface area contributed by atoms with Gasteiger partial charge < -0.3 is 19.9 Å². The van der Waals surface area contributed by atoms with E-state index in [0.29, 0.717) is 38.2 Å². The van der Waals surface area contributed by atoms with Crippen molar-refractivity contribution in [1.82, 2.24) is 24.8 Å². The Morgan fingerprint density at radius 2 is 2.00 bits per heavy atom. The predicted molar refractivity (Wildman–Crippen MR) is 132 cm³/mol. The van der Waals surface area contributed by atoms with E-state index in [2.05, 4.69) is 15.3 Å². The topological polar surface area (TPSA) is 99.3 Å². The SMILES string of the molecule is Cc1cccc2cnc(Nc3cc(N(C)C(=O)N4CCOCC4)c4nc(C5CC5)[nH]c4c3)nc12. The zero-order valence-corrected chi connectivity index (χ0v) is 19.3. The number of hydrogen-bond donors (Lipinski definition) is 2. The van der Waals surface area contributed by atoms with Crippen molar-refractivity contribution >= 4 is 45.3 Å². The average Bonchev–Trinajstić information content (AvgIpc) is 3.63. The number of amides is 2. The smallest absolute Gasteiger partial charge is 0.324 e. The molecule has 2 aromatic carbocycles. The molecular weight excluding hydrogens is 430 g/mol. The number of rotatable bonds is 4. The molecule has 0 bridgehead atoms. The Morgan fingerprint density at radius 3 is 2.79 bits per heavy atom. The molecule has 6 rings (SSSR count). The number of nitrogens with zero attached hydrogens (tertiary/aromatic N) is 5. The first-order valence-electron chi connectivity index (χ1n) is 11.7. The van der Waals surface area contributed by atoms with Gasteiger partial charge in [-0.05, 0) is 37.5 Å². The quantitative estimate of drug-likeness (QED) is 0.473. The van der Waals surface area contributed by atoms with Crippen LogP contribution < -0.4 is 10.2 Å². The normalized spacial score (nSPS) is 16.2. The first kappa shape index (κ1) is 20.9. The van der Waals surface area contributed by atoms with Crippen LogP contribution in [0.4, 0.5) is 22.1 Å². The third-order valence-electron chi connectivity index (χ3n) is 6.55. The number of carbonyl (C=O) groups is 1. The summed E-state index contributed by atoms with van der Waals surface area (Å²) in [6.07, 6.45) is 4.12. The third-order valence-corrected chi connectivity index (χ3v) is 6.55. The van der Waals surface area contributed by atoms with Crippen molar-refractivity contribution in [2.75, 3.05) is 43.6 Å². The lowest BCUT2D eigenvalue weighted by molar-refractivity contribution is 0.0551. The van der Waals surface area contributed by atoms with E-state index in [9.17, 15) is 4.79 Å². The minimum Gasteiger partial charge on any atom is -0.378 e. The zero-order valence-electron chi connectivity index (χ0n) is 19.3. The summed E-state index contributed by atoms with van der Waals surface area (Å²) in [6.45, 7) is 4.33. The maximum Gasteiger partial charge on any atom is 0.324 e. The predicted octanol–water partition coefficient (Wildman–Crippen LogP) is 4.32. The van der Waals surface area contributed by atoms with Crippen LogP contribution in [-0.4, -0.2) is 64.2 Å². The van der Waals surface area contributed by atoms with Gasteiger partial charge in [-0.15, -0.1) is 0 Å². The van der Waals surface area contributed by atoms with Crippen LogP contribution in [0.15, 0.2) is 36.5 Å². The molecule has 2 aromatic heterocycles. The fourth-order valence-electron chi connectivity index (χ4n) is 4.46. The minimum atomic E-state index is -0.0599. The molecule has 34 heavy (non-hydrogen) atoms. The Kier molecular flexibility index (Phi) is 5.06. The van der Waals surface area contributed by atoms with Gasteiger partial charge in [-0.1, -0.05) is 18.2 Å². The molecule has 0 atom stereocenters. The van der Waals surface area contributed by atoms with Gasteiger partial charge in [-0.3, -0.25) is 4.90 Å². The van der Waals surface area contributed by atoms with Crippen LogP contribution in [0.3, 0.4) is 0 Å². The lowest BCUT2D eigenvalue weighted by atomic mass is 10.1. The van der Waals surface area contributed by atoms with Gasteiger partial charge in [0, 0.05) is 43.3 Å². The molecule has 0 radical (unpaired) electrons. The van der Waals surface area contributed by atoms with Crippen molar-refractivity contribution < 1.29 is 9.53 Å². The number of para-hydroxylation sites is 1. The van der Waals surface area contributed by atoms with Crippen LogP contribution in [-0.2, 0) is 4.74 Å². The number of nitrogens with one attached hydrogen (secondary N) is 2. The van der Waals surface area contributed by atoms with Gasteiger partial charge in [0.2, 0.25) is 5.95 Å². The number of urea groups is 1. The van der Waals surface area contributed by atoms with Crippen LogP contribution in [0.2, 0.25) is 0 Å². The lowest BCUT2D eigenvalue weighted by Gasteiger charge is -2.31. The van der Waals surface area contributed by atoms with E-state index in [1.54, 1.807) is 11.9 Å². The van der Waals surface area contributed by atoms with Crippen molar-refractivity contribution in [1.29, 1.82) is 0 Å². The Hall–Kier alpha value is -3.72. The number of H-pyrrole nitrogens is 1. The summed E-state index contributed by atoms with van der Waals surface area (Å²) in [5, 5.41) is 4.34. The molecule has 2 aliphatic rings. The summed E-state index contributed by atoms with van der Waals surface area (Å²) in [5.41, 5.74) is 5.24. The Labute approximate surface area is 197 Å². The average molecular weight is 458 g/mol. The van der Waals surface area contributed by atoms with E-state index >= 15 is 0 Å². The summed E-state index contributed by atoms with van der Waals surface area (Å²) < 4.78 is 5.41. The maximum absolute atomic E-state index is 13.3. The van der Waals surface area contributed by atoms with E-state index < -0.39 is 0 Å². The van der Waals surface area contributed by atoms with Gasteiger partial charge in [0.25, 0.3) is 0 Å². The number of fused-ring (bicyclic) bond motifs is 2. The third kappa shape index (κ3) is 3.81. The van der Waals surface area contributed by atoms with Crippen molar-refractivity contribution in [3.8, 4) is 0 Å². The molecule has 2 amide bonds. The fraction of sp³-hybridized carbons (Fsp3) is 0.360. The van der Waals surface area contributed by atoms with E-state index in [1.807, 2.05) is 48.4 Å². The molecular formula is C25H27N7O2. The molecule has 1 aliphatic heterocycles. The van der Waals surface area contributed by atoms with Crippen LogP contribution in [0.1, 0.15) is 30.1 Å². The lowest BCUT2D eigenvalue weighted by Crippen LogP contribution is -2.47. The summed E-state index contributed by atoms with van der Waals surface area (Å²) in [4.78, 5) is 34.3. The molecule has 174 valence electrons. The molecule has 2 fully saturated rings. The number of hydrogen-bond acceptors (Lipinski definition) is 6. The Morgan fingerprint density at radius 1 is 1.18 bits per heavy atom. The molecule has 0 unspecified atom stereocenters. The highest BCUT2D eigenvalue weighted by atomic mass is 16.5. The van der Waals surface area contributed by atoms with E-state index in [4.69, 9.17) is 14.7 Å². The molecule has 0 spiro atoms. The summed E-state index contributed by atoms with van der Waals surface area (Å²) in [6, 6.07) is 9.95. The highest BCUT2D eigenvalue weighted by Gasteiger charge is 2.29. The Balaban J connectivity index is 1.39. The number of aromatic amines is 1. The van der Waals surface area contributed by atoms with E-state index in [1.165, 1.54) is 0 Å². The van der Waals surface area contributed by atoms with Gasteiger partial charge in [0.15, 0.2) is 0 Å². The molecule has 3 heterocycles. The number of benzene rings is 2. The number of anilines is 3. The second kappa shape index (κ2) is 8.25. The largest absolute Gasteiger partial charge is 0.378 e. The number of imidazole rings is 1. The van der Waals surface area contributed by atoms with Crippen LogP contribution >= 0.6 is 0 Å². The van der Waals surface area contributed by atoms with Gasteiger partial charge in [0.1, 0.15) is 11.3 Å². The van der Waals surface area contributed by atoms with Crippen LogP contribution in [0, 0.1) is 6.92 Å². The first-order valence-corrected chi connectivity index (χ1v) is 11.7. The second-order valence-corrected chi connectivity index (χ2v) is 9.06. The van der Waals surface area contributed by atoms with Gasteiger partial charge >= 0.3 is 6.03 Å². The molecule has 2 N–H and O–H groups in total. The summed E-state index contributed by atoms with van der Waals surface area (Å²) >= 11 is 0. The number of carbonyl (C=O) groups excluding carboxylic acids is 1. The van der Waals surface area contributed by atoms with Crippen LogP contribution in [0.25, 0.3) is 21.9 Å². The minimum absolute atomic E-state index is 0.0599. The monoisotopic (exact) mass is 457 g/mol. The van der Waals surface area contributed by atoms with Gasteiger partial charge in [0.05, 0.1) is 29.9 Å². The maximum atomic E-state index is 13.3. The first-order chi connectivity index (χ1) is 16.6. The van der Waals surface area contributed by atoms with Gasteiger partial charge in [-0.2, -0.15) is 0 Å². The Bertz CT molecular complexity index is 1390.